The van der Waals surface area contributed by atoms with Crippen molar-refractivity contribution >= 4 is 31.3 Å². The largest absolute Gasteiger partial charge is 0.420 e. The molecule has 2 aromatic heterocycles. The van der Waals surface area contributed by atoms with Crippen LogP contribution < -0.4 is 10.5 Å². The Kier molecular flexibility index (Phi) is 7.55. The molecule has 0 spiro atoms. The standard InChI is InChI=1S/C25H23FN4O5S2/c1-28-14-18-13-24(22-6-2-3-7-23(22)26)30(16-18)36(32,21-5-4-12-29-15-21)17-35-25(31)19-8-10-20(11-9-19)37(27,33)34/h2-13,15-17,28H,14H2,1H3,(H2,27,33,34). The topological polar surface area (TPSA) is 133 Å². The van der Waals surface area contributed by atoms with E-state index in [4.69, 9.17) is 9.88 Å². The van der Waals surface area contributed by atoms with Gasteiger partial charge in [0.15, 0.2) is 5.55 Å². The lowest BCUT2D eigenvalue weighted by Crippen LogP contribution is -2.20. The Labute approximate surface area is 213 Å². The molecule has 192 valence electrons. The summed E-state index contributed by atoms with van der Waals surface area (Å²) in [6.07, 6.45) is 4.47. The molecule has 3 N–H and O–H groups in total. The van der Waals surface area contributed by atoms with Gasteiger partial charge < -0.3 is 10.1 Å². The fourth-order valence-electron chi connectivity index (χ4n) is 3.58. The molecular weight excluding hydrogens is 519 g/mol. The van der Waals surface area contributed by atoms with Crippen LogP contribution in [0.15, 0.2) is 95.1 Å². The number of hydrogen-bond donors (Lipinski definition) is 2. The van der Waals surface area contributed by atoms with E-state index >= 15 is 0 Å². The molecule has 0 aliphatic rings. The van der Waals surface area contributed by atoms with Crippen molar-refractivity contribution in [1.29, 1.82) is 0 Å². The van der Waals surface area contributed by atoms with E-state index in [1.54, 1.807) is 49.6 Å². The van der Waals surface area contributed by atoms with E-state index < -0.39 is 31.5 Å². The number of nitrogens with one attached hydrogen (secondary N) is 1. The molecule has 9 nitrogen and oxygen atoms in total. The summed E-state index contributed by atoms with van der Waals surface area (Å²) >= 11 is 0. The molecule has 0 radical (unpaired) electrons. The Morgan fingerprint density at radius 2 is 1.81 bits per heavy atom. The van der Waals surface area contributed by atoms with Gasteiger partial charge in [0.05, 0.1) is 21.0 Å². The summed E-state index contributed by atoms with van der Waals surface area (Å²) < 4.78 is 59.1. The van der Waals surface area contributed by atoms with E-state index in [-0.39, 0.29) is 20.9 Å². The van der Waals surface area contributed by atoms with Crippen molar-refractivity contribution in [3.63, 3.8) is 0 Å². The smallest absolute Gasteiger partial charge is 0.343 e. The Morgan fingerprint density at radius 3 is 2.43 bits per heavy atom. The quantitative estimate of drug-likeness (QED) is 0.258. The van der Waals surface area contributed by atoms with Crippen LogP contribution in [0.3, 0.4) is 0 Å². The SMILES string of the molecule is CNCc1cc(-c2ccccc2F)n(S(=O)(=COC(=O)c2ccc(S(N)(=O)=O)cc2)c2cccnc2)c1. The number of hydrogen-bond acceptors (Lipinski definition) is 7. The number of aromatic nitrogens is 2. The molecule has 2 heterocycles. The number of benzene rings is 2. The van der Waals surface area contributed by atoms with Gasteiger partial charge in [0.1, 0.15) is 15.5 Å². The molecule has 2 aromatic carbocycles. The number of esters is 1. The molecule has 0 fully saturated rings. The maximum absolute atomic E-state index is 14.8. The van der Waals surface area contributed by atoms with Crippen molar-refractivity contribution in [2.75, 3.05) is 7.05 Å². The highest BCUT2D eigenvalue weighted by Gasteiger charge is 2.23. The van der Waals surface area contributed by atoms with E-state index in [0.717, 1.165) is 23.2 Å². The number of nitrogens with two attached hydrogens (primary N) is 1. The molecule has 1 unspecified atom stereocenters. The third-order valence-corrected chi connectivity index (χ3v) is 8.43. The molecule has 4 aromatic rings. The molecule has 12 heteroatoms. The lowest BCUT2D eigenvalue weighted by molar-refractivity contribution is 0.0731. The summed E-state index contributed by atoms with van der Waals surface area (Å²) in [5, 5.41) is 8.10. The van der Waals surface area contributed by atoms with Gasteiger partial charge in [-0.3, -0.25) is 8.96 Å². The molecule has 0 amide bonds. The fourth-order valence-corrected chi connectivity index (χ4v) is 5.97. The molecule has 1 atom stereocenters. The number of primary sulfonamides is 1. The molecule has 0 bridgehead atoms. The van der Waals surface area contributed by atoms with Crippen molar-refractivity contribution in [2.24, 2.45) is 5.14 Å². The van der Waals surface area contributed by atoms with Gasteiger partial charge in [0, 0.05) is 30.7 Å². The van der Waals surface area contributed by atoms with Gasteiger partial charge in [-0.05, 0) is 67.2 Å². The van der Waals surface area contributed by atoms with Crippen LogP contribution in [-0.2, 0) is 31.0 Å². The Balaban J connectivity index is 1.85. The summed E-state index contributed by atoms with van der Waals surface area (Å²) in [6, 6.07) is 15.7. The Bertz CT molecular complexity index is 1660. The van der Waals surface area contributed by atoms with Gasteiger partial charge >= 0.3 is 5.97 Å². The van der Waals surface area contributed by atoms with E-state index in [1.165, 1.54) is 34.6 Å². The van der Waals surface area contributed by atoms with Gasteiger partial charge in [-0.25, -0.2) is 27.0 Å². The normalized spacial score (nSPS) is 13.1. The van der Waals surface area contributed by atoms with Gasteiger partial charge in [0.25, 0.3) is 0 Å². The number of halogens is 1. The second-order valence-electron chi connectivity index (χ2n) is 7.90. The number of sulfonamides is 1. The Morgan fingerprint density at radius 1 is 1.08 bits per heavy atom. The maximum atomic E-state index is 14.8. The number of carbonyl (C=O) groups is 1. The zero-order valence-electron chi connectivity index (χ0n) is 19.6. The third kappa shape index (κ3) is 5.62. The van der Waals surface area contributed by atoms with Gasteiger partial charge in [0.2, 0.25) is 10.0 Å². The maximum Gasteiger partial charge on any atom is 0.343 e. The number of rotatable bonds is 8. The van der Waals surface area contributed by atoms with Crippen LogP contribution in [0.1, 0.15) is 15.9 Å². The van der Waals surface area contributed by atoms with Crippen LogP contribution >= 0.6 is 0 Å². The predicted molar refractivity (Wildman–Crippen MR) is 138 cm³/mol. The zero-order valence-corrected chi connectivity index (χ0v) is 21.2. The first-order valence-electron chi connectivity index (χ1n) is 10.9. The van der Waals surface area contributed by atoms with Crippen molar-refractivity contribution in [3.8, 4) is 11.3 Å². The third-order valence-electron chi connectivity index (χ3n) is 5.34. The highest BCUT2D eigenvalue weighted by molar-refractivity contribution is 7.99. The van der Waals surface area contributed by atoms with Crippen LogP contribution in [0, 0.1) is 5.82 Å². The van der Waals surface area contributed by atoms with Crippen molar-refractivity contribution in [1.82, 2.24) is 14.3 Å². The number of ether oxygens (including phenoxy) is 1. The average molecular weight is 543 g/mol. The number of pyridine rings is 1. The second kappa shape index (κ2) is 10.6. The molecular formula is C25H23FN4O5S2. The first kappa shape index (κ1) is 26.2. The second-order valence-corrected chi connectivity index (χ2v) is 11.7. The minimum Gasteiger partial charge on any atom is -0.420 e. The summed E-state index contributed by atoms with van der Waals surface area (Å²) in [7, 11) is -5.70. The van der Waals surface area contributed by atoms with E-state index in [0.29, 0.717) is 12.2 Å². The summed E-state index contributed by atoms with van der Waals surface area (Å²) in [5.74, 6) is -1.40. The Hall–Kier alpha value is -3.84. The van der Waals surface area contributed by atoms with Gasteiger partial charge in [-0.1, -0.05) is 12.1 Å². The zero-order chi connectivity index (χ0) is 26.6. The van der Waals surface area contributed by atoms with E-state index in [9.17, 15) is 21.8 Å². The predicted octanol–water partition coefficient (Wildman–Crippen LogP) is 2.78. The van der Waals surface area contributed by atoms with E-state index in [1.807, 2.05) is 0 Å². The number of carbonyl (C=O) groups excluding carboxylic acids is 1. The molecule has 4 rings (SSSR count). The molecule has 0 saturated carbocycles. The van der Waals surface area contributed by atoms with Crippen LogP contribution in [0.4, 0.5) is 4.39 Å². The highest BCUT2D eigenvalue weighted by atomic mass is 32.2. The van der Waals surface area contributed by atoms with Crippen molar-refractivity contribution < 1.29 is 26.5 Å². The monoisotopic (exact) mass is 542 g/mol. The summed E-state index contributed by atoms with van der Waals surface area (Å²) in [5.41, 5.74) is 2.14. The summed E-state index contributed by atoms with van der Waals surface area (Å²) in [6.45, 7) is 0.410. The minimum absolute atomic E-state index is 0.00860. The minimum atomic E-state index is -3.94. The molecule has 37 heavy (non-hydrogen) atoms. The van der Waals surface area contributed by atoms with Gasteiger partial charge in [-0.2, -0.15) is 0 Å². The van der Waals surface area contributed by atoms with Crippen LogP contribution in [0.5, 0.6) is 0 Å². The number of nitrogens with zero attached hydrogens (tertiary/aromatic N) is 2. The molecule has 0 aliphatic carbocycles. The van der Waals surface area contributed by atoms with Gasteiger partial charge in [-0.15, -0.1) is 0 Å². The fraction of sp³-hybridized carbons (Fsp3) is 0.0800. The van der Waals surface area contributed by atoms with Crippen molar-refractivity contribution in [3.05, 3.63) is 102 Å². The van der Waals surface area contributed by atoms with Crippen LogP contribution in [0.2, 0.25) is 0 Å². The lowest BCUT2D eigenvalue weighted by atomic mass is 10.1. The molecule has 0 saturated heterocycles. The molecule has 0 aliphatic heterocycles. The first-order chi connectivity index (χ1) is 17.6. The van der Waals surface area contributed by atoms with Crippen LogP contribution in [-0.4, -0.2) is 40.2 Å². The average Bonchev–Trinajstić information content (AvgIpc) is 3.32. The van der Waals surface area contributed by atoms with E-state index in [2.05, 4.69) is 10.3 Å². The first-order valence-corrected chi connectivity index (χ1v) is 14.0. The van der Waals surface area contributed by atoms with Crippen LogP contribution in [0.25, 0.3) is 11.3 Å². The van der Waals surface area contributed by atoms with Crippen molar-refractivity contribution in [2.45, 2.75) is 16.3 Å². The lowest BCUT2D eigenvalue weighted by Gasteiger charge is -2.17. The summed E-state index contributed by atoms with van der Waals surface area (Å²) in [4.78, 5) is 16.9. The highest BCUT2D eigenvalue weighted by Crippen LogP contribution is 2.29.